The van der Waals surface area contributed by atoms with Crippen LogP contribution in [-0.4, -0.2) is 39.9 Å². The Labute approximate surface area is 194 Å². The fourth-order valence-corrected chi connectivity index (χ4v) is 3.99. The first-order chi connectivity index (χ1) is 15.7. The number of rotatable bonds is 5. The number of likely N-dealkylation sites (tertiary alicyclic amines) is 1. The van der Waals surface area contributed by atoms with Crippen LogP contribution in [0.2, 0.25) is 5.02 Å². The lowest BCUT2D eigenvalue weighted by atomic mass is 10.1. The molecule has 1 aliphatic rings. The molecule has 0 saturated carbocycles. The molecule has 3 aromatic rings. The fraction of sp³-hybridized carbons (Fsp3) is 0.261. The Hall–Kier alpha value is -3.30. The van der Waals surface area contributed by atoms with E-state index in [-0.39, 0.29) is 34.2 Å². The first kappa shape index (κ1) is 22.9. The maximum absolute atomic E-state index is 14.2. The first-order valence-corrected chi connectivity index (χ1v) is 10.7. The molecule has 7 nitrogen and oxygen atoms in total. The maximum Gasteiger partial charge on any atom is 0.258 e. The minimum Gasteiger partial charge on any atom is -0.467 e. The summed E-state index contributed by atoms with van der Waals surface area (Å²) in [6, 6.07) is 8.79. The third-order valence-electron chi connectivity index (χ3n) is 5.48. The molecule has 1 fully saturated rings. The number of anilines is 1. The van der Waals surface area contributed by atoms with Crippen LogP contribution in [0.15, 0.2) is 42.6 Å². The van der Waals surface area contributed by atoms with E-state index in [0.717, 1.165) is 18.6 Å². The van der Waals surface area contributed by atoms with Crippen LogP contribution in [0.5, 0.6) is 5.88 Å². The van der Waals surface area contributed by atoms with Crippen molar-refractivity contribution in [2.24, 2.45) is 5.73 Å². The summed E-state index contributed by atoms with van der Waals surface area (Å²) in [5.74, 6) is -1.62. The van der Waals surface area contributed by atoms with Crippen LogP contribution in [0.1, 0.15) is 35.4 Å². The van der Waals surface area contributed by atoms with Gasteiger partial charge in [0.2, 0.25) is 0 Å². The molecular formula is C23H22ClF2N5O2. The average molecular weight is 474 g/mol. The van der Waals surface area contributed by atoms with Gasteiger partial charge in [-0.1, -0.05) is 23.7 Å². The summed E-state index contributed by atoms with van der Waals surface area (Å²) in [5, 5.41) is -0.371. The van der Waals surface area contributed by atoms with Crippen LogP contribution in [-0.2, 0) is 0 Å². The molecule has 2 atom stereocenters. The van der Waals surface area contributed by atoms with Crippen LogP contribution < -0.4 is 16.2 Å². The van der Waals surface area contributed by atoms with E-state index in [1.807, 2.05) is 0 Å². The minimum atomic E-state index is -0.980. The summed E-state index contributed by atoms with van der Waals surface area (Å²) in [4.78, 5) is 22.8. The highest BCUT2D eigenvalue weighted by molar-refractivity contribution is 6.31. The summed E-state index contributed by atoms with van der Waals surface area (Å²) in [6.07, 6.45) is 1.27. The van der Waals surface area contributed by atoms with Crippen LogP contribution in [0.25, 0.3) is 11.3 Å². The molecule has 10 heteroatoms. The van der Waals surface area contributed by atoms with Gasteiger partial charge in [0.05, 0.1) is 16.9 Å². The van der Waals surface area contributed by atoms with Crippen molar-refractivity contribution >= 4 is 23.3 Å². The smallest absolute Gasteiger partial charge is 0.258 e. The van der Waals surface area contributed by atoms with Gasteiger partial charge in [0.15, 0.2) is 5.82 Å². The lowest BCUT2D eigenvalue weighted by Crippen LogP contribution is -2.31. The fourth-order valence-electron chi connectivity index (χ4n) is 3.69. The number of nitrogen functional groups attached to an aromatic ring is 1. The topological polar surface area (TPSA) is 107 Å². The van der Waals surface area contributed by atoms with Crippen molar-refractivity contribution in [3.8, 4) is 17.1 Å². The molecule has 172 valence electrons. The predicted octanol–water partition coefficient (Wildman–Crippen LogP) is 3.97. The van der Waals surface area contributed by atoms with E-state index in [1.54, 1.807) is 29.2 Å². The predicted molar refractivity (Wildman–Crippen MR) is 121 cm³/mol. The van der Waals surface area contributed by atoms with Gasteiger partial charge in [0, 0.05) is 35.8 Å². The van der Waals surface area contributed by atoms with Crippen molar-refractivity contribution in [3.63, 3.8) is 0 Å². The third-order valence-corrected chi connectivity index (χ3v) is 5.87. The second-order valence-corrected chi connectivity index (χ2v) is 8.22. The molecule has 33 heavy (non-hydrogen) atoms. The van der Waals surface area contributed by atoms with E-state index in [1.165, 1.54) is 13.1 Å². The van der Waals surface area contributed by atoms with Gasteiger partial charge in [-0.3, -0.25) is 4.79 Å². The molecule has 1 saturated heterocycles. The molecule has 2 heterocycles. The summed E-state index contributed by atoms with van der Waals surface area (Å²) >= 11 is 5.92. The number of halogens is 3. The van der Waals surface area contributed by atoms with Gasteiger partial charge in [-0.2, -0.15) is 0 Å². The van der Waals surface area contributed by atoms with Gasteiger partial charge in [-0.15, -0.1) is 0 Å². The first-order valence-electron chi connectivity index (χ1n) is 10.3. The van der Waals surface area contributed by atoms with Crippen molar-refractivity contribution in [1.29, 1.82) is 0 Å². The Balaban J connectivity index is 1.55. The molecule has 2 unspecified atom stereocenters. The van der Waals surface area contributed by atoms with E-state index in [4.69, 9.17) is 27.8 Å². The normalized spacial score (nSPS) is 16.6. The molecule has 4 rings (SSSR count). The monoisotopic (exact) mass is 473 g/mol. The Kier molecular flexibility index (Phi) is 6.44. The van der Waals surface area contributed by atoms with Crippen molar-refractivity contribution in [1.82, 2.24) is 14.9 Å². The highest BCUT2D eigenvalue weighted by Gasteiger charge is 2.25. The Bertz CT molecular complexity index is 1190. The number of hydrogen-bond acceptors (Lipinski definition) is 6. The summed E-state index contributed by atoms with van der Waals surface area (Å²) < 4.78 is 33.7. The largest absolute Gasteiger partial charge is 0.467 e. The number of aromatic nitrogens is 2. The van der Waals surface area contributed by atoms with Crippen molar-refractivity contribution in [3.05, 3.63) is 70.4 Å². The van der Waals surface area contributed by atoms with Crippen molar-refractivity contribution in [2.45, 2.75) is 25.5 Å². The van der Waals surface area contributed by atoms with Crippen molar-refractivity contribution in [2.75, 3.05) is 18.8 Å². The van der Waals surface area contributed by atoms with Gasteiger partial charge in [0.25, 0.3) is 11.8 Å². The Morgan fingerprint density at radius 3 is 2.58 bits per heavy atom. The Morgan fingerprint density at radius 2 is 1.91 bits per heavy atom. The zero-order chi connectivity index (χ0) is 23.7. The molecule has 2 aromatic carbocycles. The standard InChI is InChI=1S/C23H22ClF2N5O2/c1-12(19-16(25)6-7-17(26)20(19)24)33-22-21(28)29-10-18(30-22)13-2-4-14(5-3-13)23(32)31-9-8-15(27)11-31/h2-7,10,12,15H,8-9,11,27H2,1H3,(H2,28,29). The second-order valence-electron chi connectivity index (χ2n) is 7.84. The average Bonchev–Trinajstić information content (AvgIpc) is 3.24. The Morgan fingerprint density at radius 1 is 1.21 bits per heavy atom. The minimum absolute atomic E-state index is 0.00909. The highest BCUT2D eigenvalue weighted by Crippen LogP contribution is 2.33. The molecule has 0 spiro atoms. The summed E-state index contributed by atoms with van der Waals surface area (Å²) in [6.45, 7) is 2.68. The molecule has 0 aliphatic carbocycles. The van der Waals surface area contributed by atoms with Gasteiger partial charge < -0.3 is 21.1 Å². The van der Waals surface area contributed by atoms with Gasteiger partial charge in [-0.05, 0) is 37.6 Å². The quantitative estimate of drug-likeness (QED) is 0.543. The molecule has 0 radical (unpaired) electrons. The number of carbonyl (C=O) groups is 1. The summed E-state index contributed by atoms with van der Waals surface area (Å²) in [5.41, 5.74) is 13.3. The number of hydrogen-bond donors (Lipinski definition) is 2. The van der Waals surface area contributed by atoms with E-state index in [2.05, 4.69) is 9.97 Å². The SMILES string of the molecule is CC(Oc1nc(-c2ccc(C(=O)N3CCC(N)C3)cc2)cnc1N)c1c(F)ccc(F)c1Cl. The number of carbonyl (C=O) groups excluding carboxylic acids is 1. The van der Waals surface area contributed by atoms with Crippen molar-refractivity contribution < 1.29 is 18.3 Å². The van der Waals surface area contributed by atoms with Crippen LogP contribution >= 0.6 is 11.6 Å². The van der Waals surface area contributed by atoms with Crippen LogP contribution in [0.4, 0.5) is 14.6 Å². The second kappa shape index (κ2) is 9.29. The maximum atomic E-state index is 14.2. The van der Waals surface area contributed by atoms with Crippen LogP contribution in [0.3, 0.4) is 0 Å². The van der Waals surface area contributed by atoms with E-state index >= 15 is 0 Å². The zero-order valence-electron chi connectivity index (χ0n) is 17.8. The number of ether oxygens (including phenoxy) is 1. The number of nitrogens with two attached hydrogens (primary N) is 2. The van der Waals surface area contributed by atoms with Gasteiger partial charge in [0.1, 0.15) is 17.7 Å². The van der Waals surface area contributed by atoms with Gasteiger partial charge >= 0.3 is 0 Å². The van der Waals surface area contributed by atoms with E-state index < -0.39 is 17.7 Å². The zero-order valence-corrected chi connectivity index (χ0v) is 18.5. The molecule has 4 N–H and O–H groups in total. The third kappa shape index (κ3) is 4.74. The number of amides is 1. The molecule has 1 amide bonds. The molecular weight excluding hydrogens is 452 g/mol. The highest BCUT2D eigenvalue weighted by atomic mass is 35.5. The number of benzene rings is 2. The molecule has 1 aliphatic heterocycles. The van der Waals surface area contributed by atoms with Gasteiger partial charge in [-0.25, -0.2) is 18.7 Å². The van der Waals surface area contributed by atoms with E-state index in [0.29, 0.717) is 29.9 Å². The molecule has 1 aromatic heterocycles. The lowest BCUT2D eigenvalue weighted by molar-refractivity contribution is 0.0791. The van der Waals surface area contributed by atoms with E-state index in [9.17, 15) is 13.6 Å². The molecule has 0 bridgehead atoms. The van der Waals surface area contributed by atoms with Crippen LogP contribution in [0, 0.1) is 11.6 Å². The lowest BCUT2D eigenvalue weighted by Gasteiger charge is -2.18. The number of nitrogens with zero attached hydrogens (tertiary/aromatic N) is 3. The summed E-state index contributed by atoms with van der Waals surface area (Å²) in [7, 11) is 0.